The Balaban J connectivity index is 1.47. The van der Waals surface area contributed by atoms with Crippen molar-refractivity contribution in [1.82, 2.24) is 24.3 Å². The minimum absolute atomic E-state index is 0.00610. The molecule has 8 nitrogen and oxygen atoms in total. The van der Waals surface area contributed by atoms with Crippen molar-refractivity contribution in [3.8, 4) is 0 Å². The maximum Gasteiger partial charge on any atom is 0.328 e. The van der Waals surface area contributed by atoms with Crippen molar-refractivity contribution in [2.75, 3.05) is 26.2 Å². The van der Waals surface area contributed by atoms with Crippen LogP contribution in [-0.2, 0) is 13.1 Å². The highest BCUT2D eigenvalue weighted by Gasteiger charge is 2.25. The minimum atomic E-state index is -0.619. The minimum Gasteiger partial charge on any atom is -0.336 e. The molecule has 1 aromatic carbocycles. The van der Waals surface area contributed by atoms with Gasteiger partial charge in [0.25, 0.3) is 11.5 Å². The van der Waals surface area contributed by atoms with Crippen molar-refractivity contribution < 1.29 is 4.79 Å². The highest BCUT2D eigenvalue weighted by atomic mass is 35.5. The number of carbonyl (C=O) groups excluding carboxylic acids is 1. The second-order valence-electron chi connectivity index (χ2n) is 7.42. The summed E-state index contributed by atoms with van der Waals surface area (Å²) in [5.74, 6) is -0.379. The molecular formula is C22H22ClN5O3. The number of rotatable bonds is 5. The number of H-pyrrole nitrogens is 1. The van der Waals surface area contributed by atoms with Crippen LogP contribution in [0.25, 0.3) is 0 Å². The third-order valence-corrected chi connectivity index (χ3v) is 5.73. The van der Waals surface area contributed by atoms with E-state index in [0.29, 0.717) is 36.8 Å². The van der Waals surface area contributed by atoms with Gasteiger partial charge in [-0.05, 0) is 23.3 Å². The molecule has 0 bridgehead atoms. The monoisotopic (exact) mass is 439 g/mol. The summed E-state index contributed by atoms with van der Waals surface area (Å²) in [6, 6.07) is 10.9. The first kappa shape index (κ1) is 21.0. The van der Waals surface area contributed by atoms with E-state index in [1.807, 2.05) is 18.3 Å². The largest absolute Gasteiger partial charge is 0.336 e. The molecule has 31 heavy (non-hydrogen) atoms. The first-order valence-electron chi connectivity index (χ1n) is 9.99. The quantitative estimate of drug-likeness (QED) is 0.652. The molecule has 0 spiro atoms. The number of hydrogen-bond donors (Lipinski definition) is 1. The zero-order valence-electron chi connectivity index (χ0n) is 16.8. The van der Waals surface area contributed by atoms with Crippen LogP contribution in [0.15, 0.2) is 64.6 Å². The maximum atomic E-state index is 13.0. The Bertz CT molecular complexity index is 1180. The summed E-state index contributed by atoms with van der Waals surface area (Å²) in [6.07, 6.45) is 4.78. The van der Waals surface area contributed by atoms with E-state index in [0.717, 1.165) is 16.7 Å². The van der Waals surface area contributed by atoms with Gasteiger partial charge in [0.2, 0.25) is 0 Å². The molecule has 1 aliphatic rings. The van der Waals surface area contributed by atoms with Crippen molar-refractivity contribution in [3.05, 3.63) is 97.5 Å². The fourth-order valence-electron chi connectivity index (χ4n) is 3.63. The Morgan fingerprint density at radius 2 is 1.81 bits per heavy atom. The molecule has 1 aliphatic heterocycles. The van der Waals surface area contributed by atoms with E-state index in [-0.39, 0.29) is 18.0 Å². The molecule has 4 rings (SSSR count). The van der Waals surface area contributed by atoms with Crippen LogP contribution in [0.3, 0.4) is 0 Å². The number of halogens is 1. The van der Waals surface area contributed by atoms with Crippen LogP contribution in [0.1, 0.15) is 21.5 Å². The number of nitrogens with zero attached hydrogens (tertiary/aromatic N) is 4. The van der Waals surface area contributed by atoms with Gasteiger partial charge in [-0.15, -0.1) is 0 Å². The van der Waals surface area contributed by atoms with E-state index in [1.54, 1.807) is 35.4 Å². The van der Waals surface area contributed by atoms with Crippen LogP contribution in [0.5, 0.6) is 0 Å². The summed E-state index contributed by atoms with van der Waals surface area (Å²) in [6.45, 7) is 3.15. The third kappa shape index (κ3) is 4.76. The zero-order valence-corrected chi connectivity index (χ0v) is 17.6. The molecule has 2 aromatic heterocycles. The predicted octanol–water partition coefficient (Wildman–Crippen LogP) is 1.59. The van der Waals surface area contributed by atoms with Crippen molar-refractivity contribution in [1.29, 1.82) is 0 Å². The number of pyridine rings is 1. The Hall–Kier alpha value is -3.23. The summed E-state index contributed by atoms with van der Waals surface area (Å²) in [7, 11) is 0. The van der Waals surface area contributed by atoms with E-state index < -0.39 is 11.2 Å². The standard InChI is InChI=1S/C22H22ClN5O3/c23-19-6-2-1-5-17(19)15-28-21(30)18(13-25-22(28)31)20(29)27-10-8-26(9-11-27)14-16-4-3-7-24-12-16/h1-7,12-13H,8-11,14-15H2,(H,25,31). The van der Waals surface area contributed by atoms with Crippen LogP contribution in [0, 0.1) is 0 Å². The zero-order chi connectivity index (χ0) is 21.8. The van der Waals surface area contributed by atoms with Crippen LogP contribution in [-0.4, -0.2) is 56.4 Å². The average Bonchev–Trinajstić information content (AvgIpc) is 2.79. The number of nitrogens with one attached hydrogen (secondary N) is 1. The highest BCUT2D eigenvalue weighted by Crippen LogP contribution is 2.15. The number of benzene rings is 1. The number of hydrogen-bond acceptors (Lipinski definition) is 5. The van der Waals surface area contributed by atoms with E-state index >= 15 is 0 Å². The molecule has 1 saturated heterocycles. The van der Waals surface area contributed by atoms with Gasteiger partial charge in [0.05, 0.1) is 6.54 Å². The molecule has 1 N–H and O–H groups in total. The molecule has 3 heterocycles. The van der Waals surface area contributed by atoms with Gasteiger partial charge in [0.1, 0.15) is 5.56 Å². The summed E-state index contributed by atoms with van der Waals surface area (Å²) in [5.41, 5.74) is 0.498. The van der Waals surface area contributed by atoms with Crippen molar-refractivity contribution in [2.45, 2.75) is 13.1 Å². The number of piperazine rings is 1. The average molecular weight is 440 g/mol. The lowest BCUT2D eigenvalue weighted by atomic mass is 10.2. The van der Waals surface area contributed by atoms with Crippen molar-refractivity contribution in [2.24, 2.45) is 0 Å². The van der Waals surface area contributed by atoms with Crippen LogP contribution >= 0.6 is 11.6 Å². The molecule has 0 aliphatic carbocycles. The number of amides is 1. The first-order valence-corrected chi connectivity index (χ1v) is 10.4. The predicted molar refractivity (Wildman–Crippen MR) is 117 cm³/mol. The molecule has 0 saturated carbocycles. The SMILES string of the molecule is O=C(c1c[nH]c(=O)n(Cc2ccccc2Cl)c1=O)N1CCN(Cc2cccnc2)CC1. The second kappa shape index (κ2) is 9.28. The third-order valence-electron chi connectivity index (χ3n) is 5.37. The molecule has 0 atom stereocenters. The fourth-order valence-corrected chi connectivity index (χ4v) is 3.83. The summed E-state index contributed by atoms with van der Waals surface area (Å²) in [4.78, 5) is 48.7. The lowest BCUT2D eigenvalue weighted by Gasteiger charge is -2.34. The molecule has 1 amide bonds. The Morgan fingerprint density at radius 1 is 1.03 bits per heavy atom. The second-order valence-corrected chi connectivity index (χ2v) is 7.83. The molecule has 160 valence electrons. The van der Waals surface area contributed by atoms with Gasteiger partial charge < -0.3 is 9.88 Å². The molecule has 0 unspecified atom stereocenters. The van der Waals surface area contributed by atoms with E-state index in [1.165, 1.54) is 6.20 Å². The van der Waals surface area contributed by atoms with Crippen molar-refractivity contribution in [3.63, 3.8) is 0 Å². The molecular weight excluding hydrogens is 418 g/mol. The number of aromatic amines is 1. The molecule has 1 fully saturated rings. The molecule has 9 heteroatoms. The Morgan fingerprint density at radius 3 is 2.52 bits per heavy atom. The van der Waals surface area contributed by atoms with Gasteiger partial charge in [-0.1, -0.05) is 35.9 Å². The van der Waals surface area contributed by atoms with Crippen molar-refractivity contribution >= 4 is 17.5 Å². The van der Waals surface area contributed by atoms with Gasteiger partial charge in [0, 0.05) is 56.3 Å². The van der Waals surface area contributed by atoms with Gasteiger partial charge >= 0.3 is 5.69 Å². The number of carbonyl (C=O) groups is 1. The maximum absolute atomic E-state index is 13.0. The normalized spacial score (nSPS) is 14.5. The fraction of sp³-hybridized carbons (Fsp3) is 0.273. The lowest BCUT2D eigenvalue weighted by molar-refractivity contribution is 0.0625. The topological polar surface area (TPSA) is 91.3 Å². The van der Waals surface area contributed by atoms with Crippen LogP contribution in [0.4, 0.5) is 0 Å². The van der Waals surface area contributed by atoms with E-state index in [9.17, 15) is 14.4 Å². The van der Waals surface area contributed by atoms with Crippen LogP contribution < -0.4 is 11.2 Å². The van der Waals surface area contributed by atoms with Gasteiger partial charge in [-0.2, -0.15) is 0 Å². The Kier molecular flexibility index (Phi) is 6.29. The number of aromatic nitrogens is 3. The molecule has 3 aromatic rings. The van der Waals surface area contributed by atoms with Gasteiger partial charge in [0.15, 0.2) is 0 Å². The summed E-state index contributed by atoms with van der Waals surface area (Å²) < 4.78 is 1.01. The summed E-state index contributed by atoms with van der Waals surface area (Å²) >= 11 is 6.16. The summed E-state index contributed by atoms with van der Waals surface area (Å²) in [5, 5.41) is 0.454. The highest BCUT2D eigenvalue weighted by molar-refractivity contribution is 6.31. The smallest absolute Gasteiger partial charge is 0.328 e. The van der Waals surface area contributed by atoms with E-state index in [2.05, 4.69) is 14.9 Å². The van der Waals surface area contributed by atoms with E-state index in [4.69, 9.17) is 11.6 Å². The Labute approximate surface area is 183 Å². The lowest BCUT2D eigenvalue weighted by Crippen LogP contribution is -2.50. The molecule has 0 radical (unpaired) electrons. The van der Waals surface area contributed by atoms with Gasteiger partial charge in [-0.3, -0.25) is 24.0 Å². The first-order chi connectivity index (χ1) is 15.0. The van der Waals surface area contributed by atoms with Crippen LogP contribution in [0.2, 0.25) is 5.02 Å². The van der Waals surface area contributed by atoms with Gasteiger partial charge in [-0.25, -0.2) is 4.79 Å².